The zero-order valence-electron chi connectivity index (χ0n) is 21.5. The van der Waals surface area contributed by atoms with E-state index in [1.165, 1.54) is 12.0 Å². The summed E-state index contributed by atoms with van der Waals surface area (Å²) in [5, 5.41) is 20.7. The maximum Gasteiger partial charge on any atom is 0.323 e. The fourth-order valence-corrected chi connectivity index (χ4v) is 4.38. The second-order valence-electron chi connectivity index (χ2n) is 9.16. The zero-order chi connectivity index (χ0) is 26.9. The van der Waals surface area contributed by atoms with Crippen molar-refractivity contribution in [2.24, 2.45) is 0 Å². The first-order valence-electron chi connectivity index (χ1n) is 11.6. The third-order valence-corrected chi connectivity index (χ3v) is 6.18. The molecule has 9 nitrogen and oxygen atoms in total. The van der Waals surface area contributed by atoms with Gasteiger partial charge in [0.05, 0.1) is 18.9 Å². The van der Waals surface area contributed by atoms with Crippen molar-refractivity contribution in [3.63, 3.8) is 0 Å². The Morgan fingerprint density at radius 1 is 0.946 bits per heavy atom. The fourth-order valence-electron chi connectivity index (χ4n) is 4.38. The maximum atomic E-state index is 11.5. The van der Waals surface area contributed by atoms with Crippen molar-refractivity contribution in [2.45, 2.75) is 0 Å². The first kappa shape index (κ1) is 25.6. The van der Waals surface area contributed by atoms with Crippen LogP contribution >= 0.6 is 0 Å². The summed E-state index contributed by atoms with van der Waals surface area (Å²) in [4.78, 5) is 26.4. The van der Waals surface area contributed by atoms with Gasteiger partial charge in [0.1, 0.15) is 44.3 Å². The van der Waals surface area contributed by atoms with E-state index >= 15 is 0 Å². The van der Waals surface area contributed by atoms with Crippen LogP contribution in [-0.4, -0.2) is 70.5 Å². The van der Waals surface area contributed by atoms with E-state index in [1.807, 2.05) is 80.1 Å². The van der Waals surface area contributed by atoms with Gasteiger partial charge in [-0.15, -0.1) is 0 Å². The smallest absolute Gasteiger partial charge is 0.323 e. The molecule has 192 valence electrons. The molecule has 1 aliphatic carbocycles. The molecule has 2 aliphatic rings. The van der Waals surface area contributed by atoms with Gasteiger partial charge in [0.15, 0.2) is 0 Å². The largest absolute Gasteiger partial charge is 0.495 e. The molecule has 37 heavy (non-hydrogen) atoms. The highest BCUT2D eigenvalue weighted by atomic mass is 16.5. The van der Waals surface area contributed by atoms with Crippen LogP contribution < -0.4 is 24.5 Å². The first-order valence-corrected chi connectivity index (χ1v) is 11.6. The Kier molecular flexibility index (Phi) is 7.06. The van der Waals surface area contributed by atoms with Crippen LogP contribution in [0.5, 0.6) is 5.75 Å². The minimum Gasteiger partial charge on any atom is -0.495 e. The molecule has 0 spiro atoms. The number of carboxylic acid groups (broad SMARTS) is 2. The number of ether oxygens (including phenoxy) is 1. The number of nitrogens with zero attached hydrogens (tertiary/aromatic N) is 3. The Balaban J connectivity index is 2.05. The average molecular weight is 505 g/mol. The molecule has 0 radical (unpaired) electrons. The Bertz CT molecular complexity index is 1520. The van der Waals surface area contributed by atoms with Crippen LogP contribution in [0.15, 0.2) is 59.0 Å². The molecular weight excluding hydrogens is 474 g/mol. The Morgan fingerprint density at radius 2 is 1.65 bits per heavy atom. The predicted octanol–water partition coefficient (Wildman–Crippen LogP) is 3.29. The summed E-state index contributed by atoms with van der Waals surface area (Å²) in [5.74, 6) is -1.22. The summed E-state index contributed by atoms with van der Waals surface area (Å²) in [7, 11) is 9.31. The summed E-state index contributed by atoms with van der Waals surface area (Å²) in [5.41, 5.74) is 4.58. The van der Waals surface area contributed by atoms with Crippen molar-refractivity contribution in [1.29, 1.82) is 0 Å². The minimum atomic E-state index is -1.14. The number of hydrogen-bond donors (Lipinski definition) is 2. The number of methoxy groups -OCH3 is 1. The van der Waals surface area contributed by atoms with Crippen LogP contribution in [0.25, 0.3) is 33.4 Å². The fraction of sp³-hybridized carbons (Fsp3) is 0.250. The summed E-state index contributed by atoms with van der Waals surface area (Å²) >= 11 is 0. The van der Waals surface area contributed by atoms with Crippen LogP contribution in [0, 0.1) is 0 Å². The minimum absolute atomic E-state index is 0.377. The Hall–Kier alpha value is -4.53. The van der Waals surface area contributed by atoms with E-state index in [0.717, 1.165) is 33.1 Å². The highest BCUT2D eigenvalue weighted by molar-refractivity contribution is 6.03. The number of hydrogen-bond acceptors (Lipinski definition) is 6. The number of anilines is 2. The lowest BCUT2D eigenvalue weighted by Crippen LogP contribution is -2.34. The van der Waals surface area contributed by atoms with E-state index in [9.17, 15) is 19.8 Å². The number of aliphatic carboxylic acids is 2. The average Bonchev–Trinajstić information content (AvgIpc) is 2.85. The van der Waals surface area contributed by atoms with Crippen molar-refractivity contribution >= 4 is 34.3 Å². The van der Waals surface area contributed by atoms with Gasteiger partial charge in [-0.3, -0.25) is 9.59 Å². The van der Waals surface area contributed by atoms with Gasteiger partial charge in [0, 0.05) is 48.4 Å². The normalized spacial score (nSPS) is 10.9. The summed E-state index contributed by atoms with van der Waals surface area (Å²) in [6.07, 6.45) is 0. The summed E-state index contributed by atoms with van der Waals surface area (Å²) < 4.78 is 13.9. The van der Waals surface area contributed by atoms with Crippen molar-refractivity contribution < 1.29 is 29.0 Å². The first-order chi connectivity index (χ1) is 17.6. The highest BCUT2D eigenvalue weighted by Gasteiger charge is 2.23. The SMILES string of the molecule is COc1ccc(-c2c3ccc(=[N+](C)C)cc-3oc3cc(N(C)C)ccc23)cc1N(CC(=O)O)CC(=O)O. The van der Waals surface area contributed by atoms with Crippen LogP contribution in [-0.2, 0) is 9.59 Å². The molecule has 0 fully saturated rings. The van der Waals surface area contributed by atoms with E-state index in [0.29, 0.717) is 22.8 Å². The van der Waals surface area contributed by atoms with E-state index in [1.54, 1.807) is 12.1 Å². The van der Waals surface area contributed by atoms with Crippen molar-refractivity contribution in [3.8, 4) is 28.2 Å². The molecule has 0 unspecified atom stereocenters. The predicted molar refractivity (Wildman–Crippen MR) is 144 cm³/mol. The van der Waals surface area contributed by atoms with Gasteiger partial charge in [-0.2, -0.15) is 0 Å². The van der Waals surface area contributed by atoms with Gasteiger partial charge in [-0.1, -0.05) is 6.07 Å². The third kappa shape index (κ3) is 5.20. The van der Waals surface area contributed by atoms with Crippen molar-refractivity contribution in [2.75, 3.05) is 58.2 Å². The van der Waals surface area contributed by atoms with Crippen LogP contribution in [0.3, 0.4) is 0 Å². The summed E-state index contributed by atoms with van der Waals surface area (Å²) in [6.45, 7) is -0.980. The topological polar surface area (TPSA) is 106 Å². The monoisotopic (exact) mass is 504 g/mol. The molecule has 2 aromatic rings. The molecule has 0 aromatic heterocycles. The van der Waals surface area contributed by atoms with Gasteiger partial charge in [-0.05, 0) is 35.9 Å². The van der Waals surface area contributed by atoms with Crippen molar-refractivity contribution in [1.82, 2.24) is 4.58 Å². The number of carbonyl (C=O) groups is 2. The van der Waals surface area contributed by atoms with Gasteiger partial charge in [-0.25, -0.2) is 4.58 Å². The van der Waals surface area contributed by atoms with E-state index < -0.39 is 25.0 Å². The lowest BCUT2D eigenvalue weighted by molar-refractivity contribution is -0.136. The molecule has 2 N–H and O–H groups in total. The molecule has 2 aromatic carbocycles. The maximum absolute atomic E-state index is 11.5. The molecule has 0 amide bonds. The summed E-state index contributed by atoms with van der Waals surface area (Å²) in [6, 6.07) is 17.4. The molecule has 0 bridgehead atoms. The van der Waals surface area contributed by atoms with Crippen LogP contribution in [0.2, 0.25) is 0 Å². The zero-order valence-corrected chi connectivity index (χ0v) is 21.5. The quantitative estimate of drug-likeness (QED) is 0.278. The Morgan fingerprint density at radius 3 is 2.24 bits per heavy atom. The molecule has 9 heteroatoms. The van der Waals surface area contributed by atoms with Crippen LogP contribution in [0.1, 0.15) is 0 Å². The Labute approximate surface area is 214 Å². The van der Waals surface area contributed by atoms with Crippen molar-refractivity contribution in [3.05, 3.63) is 60.0 Å². The molecule has 4 rings (SSSR count). The number of fused-ring (bicyclic) bond motifs is 2. The highest BCUT2D eigenvalue weighted by Crippen LogP contribution is 2.43. The molecule has 0 saturated carbocycles. The third-order valence-electron chi connectivity index (χ3n) is 6.18. The molecule has 1 heterocycles. The van der Waals surface area contributed by atoms with Gasteiger partial charge < -0.3 is 29.2 Å². The van der Waals surface area contributed by atoms with Gasteiger partial charge >= 0.3 is 11.9 Å². The second kappa shape index (κ2) is 10.2. The van der Waals surface area contributed by atoms with E-state index in [-0.39, 0.29) is 0 Å². The number of carboxylic acids is 2. The van der Waals surface area contributed by atoms with Gasteiger partial charge in [0.25, 0.3) is 0 Å². The number of rotatable bonds is 8. The molecular formula is C28H30N3O6+. The van der Waals surface area contributed by atoms with E-state index in [2.05, 4.69) is 0 Å². The van der Waals surface area contributed by atoms with Gasteiger partial charge in [0.2, 0.25) is 5.36 Å². The lowest BCUT2D eigenvalue weighted by Gasteiger charge is -2.24. The molecule has 0 atom stereocenters. The second-order valence-corrected chi connectivity index (χ2v) is 9.16. The lowest BCUT2D eigenvalue weighted by atomic mass is 9.93. The van der Waals surface area contributed by atoms with Crippen LogP contribution in [0.4, 0.5) is 11.4 Å². The molecule has 0 saturated heterocycles. The van der Waals surface area contributed by atoms with E-state index in [4.69, 9.17) is 9.15 Å². The molecule has 1 aliphatic heterocycles. The standard InChI is InChI=1S/C28H29N3O6/c1-29(2)18-7-9-20-24(13-18)37-25-14-19(30(3)4)8-10-21(25)28(20)17-6-11-23(36-5)22(12-17)31(15-26(32)33)16-27(34)35/h6-14H,15-16H2,1-5H3,(H-,32,33,34,35)/p+1. The number of benzene rings is 3.